The van der Waals surface area contributed by atoms with E-state index in [1.165, 1.54) is 6.92 Å². The summed E-state index contributed by atoms with van der Waals surface area (Å²) in [6.07, 6.45) is 0. The van der Waals surface area contributed by atoms with E-state index in [4.69, 9.17) is 16.0 Å². The molecule has 1 N–H and O–H groups in total. The Bertz CT molecular complexity index is 976. The maximum absolute atomic E-state index is 12.5. The largest absolute Gasteiger partial charge is 0.411 e. The van der Waals surface area contributed by atoms with Gasteiger partial charge in [0, 0.05) is 21.8 Å². The number of carbonyl (C=O) groups excluding carboxylic acids is 2. The SMILES string of the molecule is CC(=O)c1c(C)[nH]c(C(=O)CSc2nnc(-c3ccc(Cl)cc3)o2)c1C. The normalized spacial score (nSPS) is 10.9. The van der Waals surface area contributed by atoms with Crippen molar-refractivity contribution < 1.29 is 14.0 Å². The molecule has 134 valence electrons. The molecule has 0 amide bonds. The lowest BCUT2D eigenvalue weighted by atomic mass is 10.1. The van der Waals surface area contributed by atoms with Crippen molar-refractivity contribution in [2.24, 2.45) is 0 Å². The molecule has 0 saturated heterocycles. The molecule has 0 fully saturated rings. The number of Topliss-reactive ketones (excluding diaryl/α,β-unsaturated/α-hetero) is 2. The molecular weight excluding hydrogens is 374 g/mol. The van der Waals surface area contributed by atoms with Gasteiger partial charge in [0.05, 0.1) is 11.4 Å². The molecule has 0 bridgehead atoms. The second kappa shape index (κ2) is 7.47. The average molecular weight is 390 g/mol. The Morgan fingerprint density at radius 1 is 1.19 bits per heavy atom. The van der Waals surface area contributed by atoms with Crippen molar-refractivity contribution in [2.45, 2.75) is 26.0 Å². The summed E-state index contributed by atoms with van der Waals surface area (Å²) in [5.41, 5.74) is 3.14. The van der Waals surface area contributed by atoms with Gasteiger partial charge in [-0.25, -0.2) is 0 Å². The van der Waals surface area contributed by atoms with Crippen LogP contribution in [0.3, 0.4) is 0 Å². The molecule has 0 radical (unpaired) electrons. The summed E-state index contributed by atoms with van der Waals surface area (Å²) in [4.78, 5) is 27.2. The van der Waals surface area contributed by atoms with Crippen LogP contribution in [0.15, 0.2) is 33.9 Å². The number of nitrogens with one attached hydrogen (secondary N) is 1. The van der Waals surface area contributed by atoms with E-state index in [-0.39, 0.29) is 17.3 Å². The Morgan fingerprint density at radius 2 is 1.88 bits per heavy atom. The first-order valence-electron chi connectivity index (χ1n) is 7.82. The van der Waals surface area contributed by atoms with E-state index >= 15 is 0 Å². The van der Waals surface area contributed by atoms with E-state index in [9.17, 15) is 9.59 Å². The quantitative estimate of drug-likeness (QED) is 0.492. The average Bonchev–Trinajstić information content (AvgIpc) is 3.18. The Labute approximate surface area is 159 Å². The highest BCUT2D eigenvalue weighted by Crippen LogP contribution is 2.26. The van der Waals surface area contributed by atoms with Gasteiger partial charge in [-0.15, -0.1) is 10.2 Å². The molecule has 6 nitrogen and oxygen atoms in total. The molecule has 0 aliphatic rings. The van der Waals surface area contributed by atoms with Crippen LogP contribution in [0.4, 0.5) is 0 Å². The molecule has 0 unspecified atom stereocenters. The first-order chi connectivity index (χ1) is 12.4. The standard InChI is InChI=1S/C18H16ClN3O3S/c1-9-15(11(3)23)10(2)20-16(9)14(24)8-26-18-22-21-17(25-18)12-4-6-13(19)7-5-12/h4-7,20H,8H2,1-3H3. The zero-order valence-corrected chi connectivity index (χ0v) is 16.0. The van der Waals surface area contributed by atoms with Crippen LogP contribution in [0, 0.1) is 13.8 Å². The van der Waals surface area contributed by atoms with Crippen molar-refractivity contribution in [3.05, 3.63) is 51.8 Å². The van der Waals surface area contributed by atoms with Gasteiger partial charge < -0.3 is 9.40 Å². The maximum atomic E-state index is 12.5. The lowest BCUT2D eigenvalue weighted by Crippen LogP contribution is -2.05. The predicted molar refractivity (Wildman–Crippen MR) is 100 cm³/mol. The fraction of sp³-hybridized carbons (Fsp3) is 0.222. The Morgan fingerprint density at radius 3 is 2.50 bits per heavy atom. The van der Waals surface area contributed by atoms with E-state index in [1.54, 1.807) is 38.1 Å². The number of carbonyl (C=O) groups is 2. The van der Waals surface area contributed by atoms with Gasteiger partial charge in [-0.05, 0) is 50.6 Å². The lowest BCUT2D eigenvalue weighted by Gasteiger charge is -1.99. The molecular formula is C18H16ClN3O3S. The number of benzene rings is 1. The molecule has 26 heavy (non-hydrogen) atoms. The van der Waals surface area contributed by atoms with Crippen LogP contribution in [0.5, 0.6) is 0 Å². The molecule has 0 spiro atoms. The summed E-state index contributed by atoms with van der Waals surface area (Å²) < 4.78 is 5.57. The van der Waals surface area contributed by atoms with Gasteiger partial charge in [0.15, 0.2) is 11.6 Å². The van der Waals surface area contributed by atoms with Crippen molar-refractivity contribution in [1.82, 2.24) is 15.2 Å². The minimum atomic E-state index is -0.130. The van der Waals surface area contributed by atoms with Gasteiger partial charge in [-0.2, -0.15) is 0 Å². The minimum Gasteiger partial charge on any atom is -0.411 e. The van der Waals surface area contributed by atoms with Crippen molar-refractivity contribution in [1.29, 1.82) is 0 Å². The second-order valence-electron chi connectivity index (χ2n) is 5.77. The van der Waals surface area contributed by atoms with Crippen molar-refractivity contribution >= 4 is 34.9 Å². The number of ketones is 2. The first kappa shape index (κ1) is 18.4. The van der Waals surface area contributed by atoms with Crippen molar-refractivity contribution in [3.63, 3.8) is 0 Å². The number of hydrogen-bond acceptors (Lipinski definition) is 6. The summed E-state index contributed by atoms with van der Waals surface area (Å²) in [6.45, 7) is 5.04. The molecule has 0 aliphatic heterocycles. The fourth-order valence-electron chi connectivity index (χ4n) is 2.73. The molecule has 2 aromatic heterocycles. The monoisotopic (exact) mass is 389 g/mol. The number of H-pyrrole nitrogens is 1. The van der Waals surface area contributed by atoms with Crippen molar-refractivity contribution in [3.8, 4) is 11.5 Å². The molecule has 0 saturated carbocycles. The van der Waals surface area contributed by atoms with Crippen LogP contribution in [0.1, 0.15) is 39.0 Å². The molecule has 3 rings (SSSR count). The molecule has 0 aliphatic carbocycles. The molecule has 1 aromatic carbocycles. The van der Waals surface area contributed by atoms with Crippen LogP contribution in [0.2, 0.25) is 5.02 Å². The highest BCUT2D eigenvalue weighted by molar-refractivity contribution is 7.99. The Kier molecular flexibility index (Phi) is 5.29. The van der Waals surface area contributed by atoms with E-state index in [1.807, 2.05) is 0 Å². The fourth-order valence-corrected chi connectivity index (χ4v) is 3.49. The predicted octanol–water partition coefficient (Wildman–Crippen LogP) is 4.51. The van der Waals surface area contributed by atoms with Gasteiger partial charge >= 0.3 is 0 Å². The number of nitrogens with zero attached hydrogens (tertiary/aromatic N) is 2. The van der Waals surface area contributed by atoms with Crippen LogP contribution < -0.4 is 0 Å². The third kappa shape index (κ3) is 3.73. The topological polar surface area (TPSA) is 88.9 Å². The van der Waals surface area contributed by atoms with E-state index in [0.29, 0.717) is 38.7 Å². The molecule has 8 heteroatoms. The summed E-state index contributed by atoms with van der Waals surface area (Å²) in [5, 5.41) is 8.85. The maximum Gasteiger partial charge on any atom is 0.277 e. The van der Waals surface area contributed by atoms with Crippen LogP contribution in [0.25, 0.3) is 11.5 Å². The van der Waals surface area contributed by atoms with Crippen LogP contribution >= 0.6 is 23.4 Å². The Balaban J connectivity index is 1.70. The number of aromatic amines is 1. The first-order valence-corrected chi connectivity index (χ1v) is 9.18. The number of hydrogen-bond donors (Lipinski definition) is 1. The number of aryl methyl sites for hydroxylation is 1. The molecule has 0 atom stereocenters. The molecule has 2 heterocycles. The zero-order chi connectivity index (χ0) is 18.8. The highest BCUT2D eigenvalue weighted by atomic mass is 35.5. The van der Waals surface area contributed by atoms with Gasteiger partial charge in [0.25, 0.3) is 5.22 Å². The number of aromatic nitrogens is 3. The highest BCUT2D eigenvalue weighted by Gasteiger charge is 2.20. The van der Waals surface area contributed by atoms with Crippen molar-refractivity contribution in [2.75, 3.05) is 5.75 Å². The Hall–Kier alpha value is -2.38. The summed E-state index contributed by atoms with van der Waals surface area (Å²) in [6, 6.07) is 7.04. The number of rotatable bonds is 6. The lowest BCUT2D eigenvalue weighted by molar-refractivity contribution is 0.101. The van der Waals surface area contributed by atoms with Gasteiger partial charge in [-0.1, -0.05) is 23.4 Å². The minimum absolute atomic E-state index is 0.0625. The van der Waals surface area contributed by atoms with Gasteiger partial charge in [0.1, 0.15) is 0 Å². The third-order valence-corrected chi connectivity index (χ3v) is 4.96. The summed E-state index contributed by atoms with van der Waals surface area (Å²) in [5.74, 6) is 0.296. The third-order valence-electron chi connectivity index (χ3n) is 3.89. The van der Waals surface area contributed by atoms with Gasteiger partial charge in [0.2, 0.25) is 5.89 Å². The van der Waals surface area contributed by atoms with Crippen LogP contribution in [-0.2, 0) is 0 Å². The smallest absolute Gasteiger partial charge is 0.277 e. The summed E-state index contributed by atoms with van der Waals surface area (Å²) >= 11 is 7.01. The van der Waals surface area contributed by atoms with E-state index < -0.39 is 0 Å². The zero-order valence-electron chi connectivity index (χ0n) is 14.4. The molecule has 3 aromatic rings. The second-order valence-corrected chi connectivity index (χ2v) is 7.14. The number of thioether (sulfide) groups is 1. The van der Waals surface area contributed by atoms with Gasteiger partial charge in [-0.3, -0.25) is 9.59 Å². The summed E-state index contributed by atoms with van der Waals surface area (Å²) in [7, 11) is 0. The van der Waals surface area contributed by atoms with E-state index in [0.717, 1.165) is 17.3 Å². The number of halogens is 1. The van der Waals surface area contributed by atoms with Crippen LogP contribution in [-0.4, -0.2) is 32.5 Å². The van der Waals surface area contributed by atoms with E-state index in [2.05, 4.69) is 15.2 Å².